The van der Waals surface area contributed by atoms with E-state index in [1.54, 1.807) is 4.90 Å². The van der Waals surface area contributed by atoms with Gasteiger partial charge in [0.2, 0.25) is 0 Å². The number of amides is 1. The SMILES string of the molecule is CCC(CN)N1CCN(C(=O)OC(C)C)CC1. The van der Waals surface area contributed by atoms with E-state index in [0.717, 1.165) is 32.6 Å². The van der Waals surface area contributed by atoms with Gasteiger partial charge >= 0.3 is 6.09 Å². The summed E-state index contributed by atoms with van der Waals surface area (Å²) in [6.07, 6.45) is 0.820. The highest BCUT2D eigenvalue weighted by atomic mass is 16.6. The smallest absolute Gasteiger partial charge is 0.410 e. The van der Waals surface area contributed by atoms with Crippen LogP contribution < -0.4 is 5.73 Å². The molecule has 0 aliphatic carbocycles. The van der Waals surface area contributed by atoms with Crippen molar-refractivity contribution in [1.82, 2.24) is 9.80 Å². The third kappa shape index (κ3) is 4.16. The summed E-state index contributed by atoms with van der Waals surface area (Å²) in [6.45, 7) is 9.84. The van der Waals surface area contributed by atoms with Crippen LogP contribution in [-0.2, 0) is 4.74 Å². The zero-order valence-corrected chi connectivity index (χ0v) is 11.2. The molecule has 0 aromatic heterocycles. The Kier molecular flexibility index (Phi) is 5.71. The number of piperazine rings is 1. The van der Waals surface area contributed by atoms with Gasteiger partial charge in [-0.1, -0.05) is 6.92 Å². The Balaban J connectivity index is 2.37. The molecule has 1 unspecified atom stereocenters. The van der Waals surface area contributed by atoms with Crippen LogP contribution in [0.25, 0.3) is 0 Å². The Hall–Kier alpha value is -0.810. The third-order valence-electron chi connectivity index (χ3n) is 3.17. The first-order chi connectivity index (χ1) is 8.08. The van der Waals surface area contributed by atoms with Crippen LogP contribution in [0.15, 0.2) is 0 Å². The molecule has 2 N–H and O–H groups in total. The first kappa shape index (κ1) is 14.3. The van der Waals surface area contributed by atoms with Crippen molar-refractivity contribution in [2.75, 3.05) is 32.7 Å². The molecular formula is C12H25N3O2. The van der Waals surface area contributed by atoms with Crippen LogP contribution in [0, 0.1) is 0 Å². The summed E-state index contributed by atoms with van der Waals surface area (Å²) >= 11 is 0. The van der Waals surface area contributed by atoms with Gasteiger partial charge in [0.05, 0.1) is 6.10 Å². The number of ether oxygens (including phenoxy) is 1. The van der Waals surface area contributed by atoms with E-state index in [4.69, 9.17) is 10.5 Å². The van der Waals surface area contributed by atoms with Crippen LogP contribution in [0.4, 0.5) is 4.79 Å². The Labute approximate surface area is 104 Å². The Morgan fingerprint density at radius 2 is 1.88 bits per heavy atom. The van der Waals surface area contributed by atoms with Crippen LogP contribution in [0.2, 0.25) is 0 Å². The Bertz CT molecular complexity index is 234. The standard InChI is InChI=1S/C12H25N3O2/c1-4-11(9-13)14-5-7-15(8-6-14)12(16)17-10(2)3/h10-11H,4-9,13H2,1-3H3. The molecule has 0 radical (unpaired) electrons. The first-order valence-corrected chi connectivity index (χ1v) is 6.48. The largest absolute Gasteiger partial charge is 0.447 e. The van der Waals surface area contributed by atoms with E-state index in [9.17, 15) is 4.79 Å². The molecule has 0 spiro atoms. The van der Waals surface area contributed by atoms with Crippen molar-refractivity contribution in [2.24, 2.45) is 5.73 Å². The maximum atomic E-state index is 11.7. The molecule has 17 heavy (non-hydrogen) atoms. The molecule has 5 nitrogen and oxygen atoms in total. The second-order valence-corrected chi connectivity index (χ2v) is 4.75. The van der Waals surface area contributed by atoms with Crippen LogP contribution in [-0.4, -0.2) is 60.8 Å². The average molecular weight is 243 g/mol. The molecule has 1 saturated heterocycles. The summed E-state index contributed by atoms with van der Waals surface area (Å²) < 4.78 is 5.18. The minimum absolute atomic E-state index is 0.0482. The molecule has 0 aromatic rings. The van der Waals surface area contributed by atoms with Crippen molar-refractivity contribution in [2.45, 2.75) is 39.3 Å². The van der Waals surface area contributed by atoms with Crippen LogP contribution in [0.5, 0.6) is 0 Å². The van der Waals surface area contributed by atoms with Crippen LogP contribution in [0.1, 0.15) is 27.2 Å². The molecule has 1 rings (SSSR count). The lowest BCUT2D eigenvalue weighted by Gasteiger charge is -2.38. The zero-order chi connectivity index (χ0) is 12.8. The lowest BCUT2D eigenvalue weighted by Crippen LogP contribution is -2.53. The topological polar surface area (TPSA) is 58.8 Å². The Morgan fingerprint density at radius 1 is 1.29 bits per heavy atom. The van der Waals surface area contributed by atoms with Gasteiger partial charge in [-0.25, -0.2) is 4.79 Å². The van der Waals surface area contributed by atoms with Gasteiger partial charge in [0.25, 0.3) is 0 Å². The summed E-state index contributed by atoms with van der Waals surface area (Å²) in [7, 11) is 0. The third-order valence-corrected chi connectivity index (χ3v) is 3.17. The summed E-state index contributed by atoms with van der Waals surface area (Å²) in [5.74, 6) is 0. The second-order valence-electron chi connectivity index (χ2n) is 4.75. The van der Waals surface area contributed by atoms with Gasteiger partial charge in [-0.3, -0.25) is 4.90 Å². The fraction of sp³-hybridized carbons (Fsp3) is 0.917. The lowest BCUT2D eigenvalue weighted by atomic mass is 10.1. The molecule has 0 aromatic carbocycles. The van der Waals surface area contributed by atoms with Crippen molar-refractivity contribution in [3.8, 4) is 0 Å². The molecule has 1 aliphatic rings. The molecule has 100 valence electrons. The summed E-state index contributed by atoms with van der Waals surface area (Å²) in [5, 5.41) is 0. The predicted octanol–water partition coefficient (Wildman–Crippen LogP) is 0.886. The Morgan fingerprint density at radius 3 is 2.29 bits per heavy atom. The number of nitrogens with zero attached hydrogens (tertiary/aromatic N) is 2. The molecule has 0 bridgehead atoms. The van der Waals surface area contributed by atoms with Gasteiger partial charge < -0.3 is 15.4 Å². The average Bonchev–Trinajstić information content (AvgIpc) is 2.30. The number of carbonyl (C=O) groups is 1. The molecule has 1 fully saturated rings. The minimum Gasteiger partial charge on any atom is -0.447 e. The molecule has 0 saturated carbocycles. The number of hydrogen-bond donors (Lipinski definition) is 1. The van der Waals surface area contributed by atoms with Crippen molar-refractivity contribution in [1.29, 1.82) is 0 Å². The highest BCUT2D eigenvalue weighted by molar-refractivity contribution is 5.67. The summed E-state index contributed by atoms with van der Waals surface area (Å²) in [5.41, 5.74) is 5.73. The number of nitrogens with two attached hydrogens (primary N) is 1. The highest BCUT2D eigenvalue weighted by Gasteiger charge is 2.25. The van der Waals surface area contributed by atoms with Crippen LogP contribution in [0.3, 0.4) is 0 Å². The molecular weight excluding hydrogens is 218 g/mol. The second kappa shape index (κ2) is 6.81. The quantitative estimate of drug-likeness (QED) is 0.796. The van der Waals surface area contributed by atoms with E-state index in [2.05, 4.69) is 11.8 Å². The van der Waals surface area contributed by atoms with Crippen molar-refractivity contribution < 1.29 is 9.53 Å². The zero-order valence-electron chi connectivity index (χ0n) is 11.2. The van der Waals surface area contributed by atoms with Gasteiger partial charge in [-0.2, -0.15) is 0 Å². The van der Waals surface area contributed by atoms with Gasteiger partial charge in [-0.05, 0) is 20.3 Å². The van der Waals surface area contributed by atoms with E-state index in [-0.39, 0.29) is 12.2 Å². The molecule has 1 amide bonds. The van der Waals surface area contributed by atoms with Crippen molar-refractivity contribution in [3.05, 3.63) is 0 Å². The molecule has 1 heterocycles. The van der Waals surface area contributed by atoms with Gasteiger partial charge in [0, 0.05) is 38.8 Å². The van der Waals surface area contributed by atoms with E-state index >= 15 is 0 Å². The van der Waals surface area contributed by atoms with E-state index < -0.39 is 0 Å². The molecule has 5 heteroatoms. The van der Waals surface area contributed by atoms with Gasteiger partial charge in [0.1, 0.15) is 0 Å². The van der Waals surface area contributed by atoms with E-state index in [1.807, 2.05) is 13.8 Å². The predicted molar refractivity (Wildman–Crippen MR) is 67.9 cm³/mol. The van der Waals surface area contributed by atoms with Crippen molar-refractivity contribution in [3.63, 3.8) is 0 Å². The number of carbonyl (C=O) groups excluding carboxylic acids is 1. The first-order valence-electron chi connectivity index (χ1n) is 6.48. The summed E-state index contributed by atoms with van der Waals surface area (Å²) in [4.78, 5) is 15.8. The normalized spacial score (nSPS) is 19.5. The maximum Gasteiger partial charge on any atom is 0.410 e. The number of hydrogen-bond acceptors (Lipinski definition) is 4. The monoisotopic (exact) mass is 243 g/mol. The van der Waals surface area contributed by atoms with E-state index in [1.165, 1.54) is 0 Å². The fourth-order valence-electron chi connectivity index (χ4n) is 2.12. The lowest BCUT2D eigenvalue weighted by molar-refractivity contribution is 0.0484. The molecule has 1 aliphatic heterocycles. The summed E-state index contributed by atoms with van der Waals surface area (Å²) in [6, 6.07) is 0.443. The highest BCUT2D eigenvalue weighted by Crippen LogP contribution is 2.10. The minimum atomic E-state index is -0.194. The van der Waals surface area contributed by atoms with Crippen molar-refractivity contribution >= 4 is 6.09 Å². The van der Waals surface area contributed by atoms with E-state index in [0.29, 0.717) is 12.6 Å². The van der Waals surface area contributed by atoms with Gasteiger partial charge in [-0.15, -0.1) is 0 Å². The fourth-order valence-corrected chi connectivity index (χ4v) is 2.12. The number of rotatable bonds is 4. The maximum absolute atomic E-state index is 11.7. The van der Waals surface area contributed by atoms with Gasteiger partial charge in [0.15, 0.2) is 0 Å². The van der Waals surface area contributed by atoms with Crippen LogP contribution >= 0.6 is 0 Å². The molecule has 1 atom stereocenters.